The highest BCUT2D eigenvalue weighted by atomic mass is 32.3. The summed E-state index contributed by atoms with van der Waals surface area (Å²) in [7, 11) is -13.0. The van der Waals surface area contributed by atoms with Crippen LogP contribution in [0.2, 0.25) is 0 Å². The second kappa shape index (κ2) is 12.0. The maximum absolute atomic E-state index is 12.3. The van der Waals surface area contributed by atoms with Crippen LogP contribution in [0.15, 0.2) is 12.7 Å². The van der Waals surface area contributed by atoms with Crippen LogP contribution < -0.4 is 5.32 Å². The van der Waals surface area contributed by atoms with Gasteiger partial charge >= 0.3 is 22.9 Å². The van der Waals surface area contributed by atoms with Crippen molar-refractivity contribution in [1.29, 1.82) is 0 Å². The smallest absolute Gasteiger partial charge is 0.425 e. The van der Waals surface area contributed by atoms with E-state index in [1.807, 2.05) is 0 Å². The quantitative estimate of drug-likeness (QED) is 0.174. The number of nitrogens with one attached hydrogen (secondary N) is 1. The molecule has 0 saturated carbocycles. The highest BCUT2D eigenvalue weighted by molar-refractivity contribution is 8.13. The highest BCUT2D eigenvalue weighted by Crippen LogP contribution is 2.47. The van der Waals surface area contributed by atoms with Crippen molar-refractivity contribution in [3.8, 4) is 0 Å². The van der Waals surface area contributed by atoms with Crippen LogP contribution >= 0.6 is 0 Å². The summed E-state index contributed by atoms with van der Waals surface area (Å²) in [5.41, 5.74) is 0. The molecule has 0 saturated heterocycles. The summed E-state index contributed by atoms with van der Waals surface area (Å²) in [5, 5.41) is -11.2. The van der Waals surface area contributed by atoms with Crippen molar-refractivity contribution in [3.05, 3.63) is 16.8 Å². The summed E-state index contributed by atoms with van der Waals surface area (Å²) in [4.78, 5) is 10.8. The van der Waals surface area contributed by atoms with Crippen LogP contribution in [0.1, 0.15) is 20.3 Å². The number of sulfonamides is 2. The molecular formula is C15H23F10N3O5S2. The van der Waals surface area contributed by atoms with Gasteiger partial charge in [-0.2, -0.15) is 43.9 Å². The van der Waals surface area contributed by atoms with Crippen LogP contribution in [0.25, 0.3) is 4.13 Å². The number of hydrogen-bond donors (Lipinski definition) is 1. The molecule has 1 amide bonds. The lowest BCUT2D eigenvalue weighted by molar-refractivity contribution is -0.906. The number of quaternary nitrogens is 1. The van der Waals surface area contributed by atoms with E-state index in [1.54, 1.807) is 0 Å². The first-order valence-corrected chi connectivity index (χ1v) is 12.0. The number of carbonyl (C=O) groups is 1. The minimum Gasteiger partial charge on any atom is -0.425 e. The maximum atomic E-state index is 12.3. The Balaban J connectivity index is 0. The van der Waals surface area contributed by atoms with Crippen LogP contribution in [-0.4, -0.2) is 83.3 Å². The average molecular weight is 579 g/mol. The van der Waals surface area contributed by atoms with Crippen molar-refractivity contribution < 1.29 is 70.0 Å². The van der Waals surface area contributed by atoms with Crippen LogP contribution in [0.5, 0.6) is 0 Å². The lowest BCUT2D eigenvalue weighted by Gasteiger charge is -2.32. The monoisotopic (exact) mass is 579 g/mol. The van der Waals surface area contributed by atoms with Crippen molar-refractivity contribution in [2.45, 2.75) is 43.1 Å². The van der Waals surface area contributed by atoms with Crippen LogP contribution in [0.3, 0.4) is 0 Å². The van der Waals surface area contributed by atoms with Crippen LogP contribution in [-0.2, 0) is 24.8 Å². The Kier molecular flexibility index (Phi) is 12.2. The van der Waals surface area contributed by atoms with Gasteiger partial charge in [0.15, 0.2) is 20.0 Å². The summed E-state index contributed by atoms with van der Waals surface area (Å²) >= 11 is 0. The van der Waals surface area contributed by atoms with Gasteiger partial charge in [-0.25, -0.2) is 16.8 Å². The molecule has 1 N–H and O–H groups in total. The number of nitrogens with zero attached hydrogens (tertiary/aromatic N) is 2. The molecule has 210 valence electrons. The third-order valence-corrected chi connectivity index (χ3v) is 7.72. The van der Waals surface area contributed by atoms with E-state index in [0.717, 1.165) is 37.1 Å². The van der Waals surface area contributed by atoms with Crippen molar-refractivity contribution >= 4 is 26.0 Å². The largest absolute Gasteiger partial charge is 0.467 e. The highest BCUT2D eigenvalue weighted by Gasteiger charge is 2.68. The van der Waals surface area contributed by atoms with E-state index in [1.165, 1.54) is 6.08 Å². The molecule has 0 aromatic heterocycles. The zero-order valence-corrected chi connectivity index (χ0v) is 20.0. The first-order chi connectivity index (χ1) is 15.3. The van der Waals surface area contributed by atoms with Crippen molar-refractivity contribution in [2.24, 2.45) is 0 Å². The Labute approximate surface area is 195 Å². The normalized spacial score (nSPS) is 14.1. The SMILES string of the molecule is C=CC(=O)NCCC[N+](C)(CC)CC.O=S(=O)([N-]S(=O)(=O)C(F)(F)C(F)(F)F)C(F)(F)C(F)(F)F. The molecule has 0 heterocycles. The van der Waals surface area contributed by atoms with Gasteiger partial charge in [-0.15, -0.1) is 0 Å². The van der Waals surface area contributed by atoms with Crippen molar-refractivity contribution in [1.82, 2.24) is 5.32 Å². The molecule has 8 nitrogen and oxygen atoms in total. The number of carbonyl (C=O) groups excluding carboxylic acids is 1. The third kappa shape index (κ3) is 9.37. The minimum atomic E-state index is -7.62. The minimum absolute atomic E-state index is 0.0767. The Morgan fingerprint density at radius 3 is 1.46 bits per heavy atom. The van der Waals surface area contributed by atoms with E-state index in [-0.39, 0.29) is 5.91 Å². The summed E-state index contributed by atoms with van der Waals surface area (Å²) in [5.74, 6) is -0.0767. The Bertz CT molecular complexity index is 874. The van der Waals surface area contributed by atoms with Gasteiger partial charge < -0.3 is 13.9 Å². The predicted octanol–water partition coefficient (Wildman–Crippen LogP) is 3.50. The molecule has 0 radical (unpaired) electrons. The summed E-state index contributed by atoms with van der Waals surface area (Å²) in [6, 6.07) is 0. The number of halogens is 10. The van der Waals surface area contributed by atoms with E-state index in [4.69, 9.17) is 0 Å². The molecule has 35 heavy (non-hydrogen) atoms. The van der Waals surface area contributed by atoms with Crippen molar-refractivity contribution in [2.75, 3.05) is 33.2 Å². The summed E-state index contributed by atoms with van der Waals surface area (Å²) < 4.78 is 162. The number of rotatable bonds is 11. The first-order valence-electron chi connectivity index (χ1n) is 9.14. The average Bonchev–Trinajstić information content (AvgIpc) is 2.68. The number of alkyl halides is 10. The number of hydrogen-bond acceptors (Lipinski definition) is 5. The van der Waals surface area contributed by atoms with Gasteiger partial charge in [0.1, 0.15) is 0 Å². The fourth-order valence-corrected chi connectivity index (χ4v) is 4.17. The fraction of sp³-hybridized carbons (Fsp3) is 0.800. The molecule has 0 bridgehead atoms. The molecule has 0 aliphatic carbocycles. The number of amides is 1. The zero-order valence-electron chi connectivity index (χ0n) is 18.4. The predicted molar refractivity (Wildman–Crippen MR) is 103 cm³/mol. The maximum Gasteiger partial charge on any atom is 0.467 e. The first kappa shape index (κ1) is 35.5. The van der Waals surface area contributed by atoms with E-state index in [0.29, 0.717) is 4.13 Å². The third-order valence-electron chi connectivity index (χ3n) is 4.39. The lowest BCUT2D eigenvalue weighted by atomic mass is 10.3. The van der Waals surface area contributed by atoms with Crippen molar-refractivity contribution in [3.63, 3.8) is 0 Å². The van der Waals surface area contributed by atoms with Crippen LogP contribution in [0.4, 0.5) is 43.9 Å². The second-order valence-electron chi connectivity index (χ2n) is 6.88. The standard InChI is InChI=1S/C11H22N2O.C4F10NO4S2/c1-5-11(14)12-9-8-10-13(4,6-2)7-3;5-1(6,7)3(11,12)20(16,17)15-21(18,19)4(13,14)2(8,9)10/h5H,1,6-10H2,2-4H3;/q;-1/p+1. The Morgan fingerprint density at radius 1 is 0.857 bits per heavy atom. The molecule has 0 atom stereocenters. The van der Waals surface area contributed by atoms with Gasteiger partial charge in [-0.05, 0) is 19.9 Å². The molecule has 0 aliphatic heterocycles. The van der Waals surface area contributed by atoms with Crippen LogP contribution in [0, 0.1) is 0 Å². The Hall–Kier alpha value is -1.67. The van der Waals surface area contributed by atoms with Gasteiger partial charge in [-0.3, -0.25) is 4.79 Å². The lowest BCUT2D eigenvalue weighted by Crippen LogP contribution is -2.48. The van der Waals surface area contributed by atoms with Gasteiger partial charge in [0.2, 0.25) is 5.91 Å². The molecular weight excluding hydrogens is 556 g/mol. The summed E-state index contributed by atoms with van der Waals surface area (Å²) in [6.07, 6.45) is -11.7. The molecule has 0 fully saturated rings. The molecule has 20 heteroatoms. The van der Waals surface area contributed by atoms with Gasteiger partial charge in [0.25, 0.3) is 0 Å². The molecule has 0 unspecified atom stereocenters. The van der Waals surface area contributed by atoms with E-state index < -0.39 is 42.9 Å². The fourth-order valence-electron chi connectivity index (χ4n) is 1.80. The molecule has 0 spiro atoms. The second-order valence-corrected chi connectivity index (χ2v) is 10.4. The molecule has 0 aromatic carbocycles. The molecule has 0 aromatic rings. The van der Waals surface area contributed by atoms with E-state index in [2.05, 4.69) is 32.8 Å². The topological polar surface area (TPSA) is 111 Å². The van der Waals surface area contributed by atoms with Gasteiger partial charge in [-0.1, -0.05) is 6.58 Å². The van der Waals surface area contributed by atoms with Gasteiger partial charge in [0.05, 0.1) is 26.7 Å². The Morgan fingerprint density at radius 2 is 1.20 bits per heavy atom. The van der Waals surface area contributed by atoms with Gasteiger partial charge in [0, 0.05) is 13.0 Å². The molecule has 0 rings (SSSR count). The zero-order chi connectivity index (χ0) is 28.7. The molecule has 0 aliphatic rings. The van der Waals surface area contributed by atoms with E-state index >= 15 is 0 Å². The summed E-state index contributed by atoms with van der Waals surface area (Å²) in [6.45, 7) is 12.0. The van der Waals surface area contributed by atoms with E-state index in [9.17, 15) is 65.5 Å².